The molecular weight excluding hydrogens is 326 g/mol. The third kappa shape index (κ3) is 4.11. The first-order chi connectivity index (χ1) is 8.41. The number of carbonyl (C=O) groups excluding carboxylic acids is 1. The lowest BCUT2D eigenvalue weighted by Crippen LogP contribution is -2.40. The van der Waals surface area contributed by atoms with E-state index < -0.39 is 23.9 Å². The summed E-state index contributed by atoms with van der Waals surface area (Å²) in [6.45, 7) is 0. The molecule has 0 saturated heterocycles. The SMILES string of the molecule is O=C(O)CC[C@H](NC(=O)c1sccc1Br)C(=O)O. The average Bonchev–Trinajstić information content (AvgIpc) is 2.69. The highest BCUT2D eigenvalue weighted by atomic mass is 79.9. The number of thiophene rings is 1. The van der Waals surface area contributed by atoms with Crippen molar-refractivity contribution in [2.75, 3.05) is 0 Å². The summed E-state index contributed by atoms with van der Waals surface area (Å²) in [5.74, 6) is -2.89. The van der Waals surface area contributed by atoms with Gasteiger partial charge in [0.2, 0.25) is 0 Å². The second kappa shape index (κ2) is 6.50. The number of hydrogen-bond acceptors (Lipinski definition) is 4. The molecule has 0 fully saturated rings. The van der Waals surface area contributed by atoms with Crippen molar-refractivity contribution >= 4 is 45.1 Å². The fourth-order valence-corrected chi connectivity index (χ4v) is 2.66. The van der Waals surface area contributed by atoms with E-state index in [0.717, 1.165) is 0 Å². The van der Waals surface area contributed by atoms with E-state index in [4.69, 9.17) is 10.2 Å². The van der Waals surface area contributed by atoms with Gasteiger partial charge in [0.1, 0.15) is 10.9 Å². The fraction of sp³-hybridized carbons (Fsp3) is 0.300. The van der Waals surface area contributed by atoms with Crippen molar-refractivity contribution in [2.24, 2.45) is 0 Å². The van der Waals surface area contributed by atoms with Crippen LogP contribution in [0.2, 0.25) is 0 Å². The normalized spacial score (nSPS) is 11.8. The van der Waals surface area contributed by atoms with Gasteiger partial charge in [-0.25, -0.2) is 4.79 Å². The van der Waals surface area contributed by atoms with Crippen LogP contribution in [0.15, 0.2) is 15.9 Å². The second-order valence-corrected chi connectivity index (χ2v) is 5.16. The number of nitrogens with one attached hydrogen (secondary N) is 1. The first kappa shape index (κ1) is 14.7. The van der Waals surface area contributed by atoms with E-state index >= 15 is 0 Å². The van der Waals surface area contributed by atoms with Crippen molar-refractivity contribution < 1.29 is 24.6 Å². The van der Waals surface area contributed by atoms with E-state index in [1.165, 1.54) is 11.3 Å². The van der Waals surface area contributed by atoms with Crippen LogP contribution in [-0.2, 0) is 9.59 Å². The molecular formula is C10H10BrNO5S. The van der Waals surface area contributed by atoms with E-state index in [-0.39, 0.29) is 12.8 Å². The highest BCUT2D eigenvalue weighted by molar-refractivity contribution is 9.10. The van der Waals surface area contributed by atoms with Crippen LogP contribution in [-0.4, -0.2) is 34.1 Å². The Morgan fingerprint density at radius 3 is 2.50 bits per heavy atom. The molecule has 0 saturated carbocycles. The third-order valence-corrected chi connectivity index (χ3v) is 3.91. The van der Waals surface area contributed by atoms with Gasteiger partial charge in [-0.15, -0.1) is 11.3 Å². The second-order valence-electron chi connectivity index (χ2n) is 3.39. The van der Waals surface area contributed by atoms with Crippen molar-refractivity contribution in [1.29, 1.82) is 0 Å². The van der Waals surface area contributed by atoms with Crippen LogP contribution in [0.25, 0.3) is 0 Å². The van der Waals surface area contributed by atoms with Gasteiger partial charge < -0.3 is 15.5 Å². The molecule has 0 aliphatic rings. The van der Waals surface area contributed by atoms with Gasteiger partial charge in [-0.05, 0) is 33.8 Å². The number of carboxylic acid groups (broad SMARTS) is 2. The number of hydrogen-bond donors (Lipinski definition) is 3. The maximum Gasteiger partial charge on any atom is 0.326 e. The molecule has 1 aromatic heterocycles. The largest absolute Gasteiger partial charge is 0.481 e. The zero-order valence-corrected chi connectivity index (χ0v) is 11.5. The van der Waals surface area contributed by atoms with E-state index in [2.05, 4.69) is 21.2 Å². The Morgan fingerprint density at radius 2 is 2.06 bits per heavy atom. The molecule has 1 atom stereocenters. The van der Waals surface area contributed by atoms with Gasteiger partial charge in [-0.2, -0.15) is 0 Å². The minimum atomic E-state index is -1.25. The molecule has 98 valence electrons. The minimum absolute atomic E-state index is 0.153. The van der Waals surface area contributed by atoms with Crippen LogP contribution in [0.4, 0.5) is 0 Å². The molecule has 0 aliphatic carbocycles. The zero-order chi connectivity index (χ0) is 13.7. The summed E-state index contributed by atoms with van der Waals surface area (Å²) < 4.78 is 0.576. The molecule has 1 amide bonds. The van der Waals surface area contributed by atoms with Gasteiger partial charge in [-0.3, -0.25) is 9.59 Å². The fourth-order valence-electron chi connectivity index (χ4n) is 1.20. The average molecular weight is 336 g/mol. The first-order valence-corrected chi connectivity index (χ1v) is 6.57. The summed E-state index contributed by atoms with van der Waals surface area (Å²) in [6, 6.07) is 0.467. The van der Waals surface area contributed by atoms with Gasteiger partial charge >= 0.3 is 11.9 Å². The van der Waals surface area contributed by atoms with Crippen LogP contribution < -0.4 is 5.32 Å². The molecule has 0 spiro atoms. The minimum Gasteiger partial charge on any atom is -0.481 e. The van der Waals surface area contributed by atoms with Gasteiger partial charge in [0.15, 0.2) is 0 Å². The number of aliphatic carboxylic acids is 2. The van der Waals surface area contributed by atoms with E-state index in [0.29, 0.717) is 9.35 Å². The van der Waals surface area contributed by atoms with Crippen molar-refractivity contribution in [2.45, 2.75) is 18.9 Å². The highest BCUT2D eigenvalue weighted by Gasteiger charge is 2.22. The molecule has 0 aliphatic heterocycles. The molecule has 3 N–H and O–H groups in total. The monoisotopic (exact) mass is 335 g/mol. The van der Waals surface area contributed by atoms with Crippen molar-refractivity contribution in [1.82, 2.24) is 5.32 Å². The number of halogens is 1. The standard InChI is InChI=1S/C10H10BrNO5S/c11-5-3-4-18-8(5)9(15)12-6(10(16)17)1-2-7(13)14/h3-4,6H,1-2H2,(H,12,15)(H,13,14)(H,16,17)/t6-/m0/s1. The predicted octanol–water partition coefficient (Wildman–Crippen LogP) is 1.56. The molecule has 1 heterocycles. The third-order valence-electron chi connectivity index (χ3n) is 2.07. The molecule has 1 rings (SSSR count). The molecule has 0 bridgehead atoms. The van der Waals surface area contributed by atoms with Crippen molar-refractivity contribution in [3.8, 4) is 0 Å². The quantitative estimate of drug-likeness (QED) is 0.731. The highest BCUT2D eigenvalue weighted by Crippen LogP contribution is 2.22. The van der Waals surface area contributed by atoms with Crippen LogP contribution in [0, 0.1) is 0 Å². The topological polar surface area (TPSA) is 104 Å². The summed E-state index contributed by atoms with van der Waals surface area (Å²) in [5, 5.41) is 21.4. The molecule has 0 radical (unpaired) electrons. The molecule has 1 aromatic rings. The van der Waals surface area contributed by atoms with Crippen molar-refractivity contribution in [3.63, 3.8) is 0 Å². The summed E-state index contributed by atoms with van der Waals surface area (Å²) >= 11 is 4.33. The Balaban J connectivity index is 2.67. The van der Waals surface area contributed by atoms with Gasteiger partial charge in [0.05, 0.1) is 0 Å². The van der Waals surface area contributed by atoms with E-state index in [1.807, 2.05) is 0 Å². The Hall–Kier alpha value is -1.41. The number of carbonyl (C=O) groups is 3. The Morgan fingerprint density at radius 1 is 1.39 bits per heavy atom. The van der Waals surface area contributed by atoms with E-state index in [1.54, 1.807) is 11.4 Å². The Labute approximate surface area is 115 Å². The van der Waals surface area contributed by atoms with Crippen LogP contribution >= 0.6 is 27.3 Å². The summed E-state index contributed by atoms with van der Waals surface area (Å²) in [7, 11) is 0. The summed E-state index contributed by atoms with van der Waals surface area (Å²) in [5.41, 5.74) is 0. The van der Waals surface area contributed by atoms with Crippen LogP contribution in [0.1, 0.15) is 22.5 Å². The van der Waals surface area contributed by atoms with Crippen LogP contribution in [0.3, 0.4) is 0 Å². The first-order valence-electron chi connectivity index (χ1n) is 4.90. The lowest BCUT2D eigenvalue weighted by molar-refractivity contribution is -0.140. The number of amides is 1. The van der Waals surface area contributed by atoms with Crippen LogP contribution in [0.5, 0.6) is 0 Å². The number of carboxylic acids is 2. The summed E-state index contributed by atoms with van der Waals surface area (Å²) in [4.78, 5) is 33.4. The predicted molar refractivity (Wildman–Crippen MR) is 67.8 cm³/mol. The maximum absolute atomic E-state index is 11.7. The molecule has 6 nitrogen and oxygen atoms in total. The number of rotatable bonds is 6. The maximum atomic E-state index is 11.7. The van der Waals surface area contributed by atoms with Gasteiger partial charge in [0, 0.05) is 10.9 Å². The zero-order valence-electron chi connectivity index (χ0n) is 9.05. The van der Waals surface area contributed by atoms with Crippen molar-refractivity contribution in [3.05, 3.63) is 20.8 Å². The molecule has 8 heteroatoms. The Kier molecular flexibility index (Phi) is 5.29. The lowest BCUT2D eigenvalue weighted by atomic mass is 10.1. The lowest BCUT2D eigenvalue weighted by Gasteiger charge is -2.12. The van der Waals surface area contributed by atoms with E-state index in [9.17, 15) is 14.4 Å². The Bertz CT molecular complexity index is 473. The smallest absolute Gasteiger partial charge is 0.326 e. The van der Waals surface area contributed by atoms with Gasteiger partial charge in [0.25, 0.3) is 5.91 Å². The molecule has 0 aromatic carbocycles. The summed E-state index contributed by atoms with van der Waals surface area (Å²) in [6.07, 6.45) is -0.470. The molecule has 18 heavy (non-hydrogen) atoms. The molecule has 0 unspecified atom stereocenters. The van der Waals surface area contributed by atoms with Gasteiger partial charge in [-0.1, -0.05) is 0 Å².